The van der Waals surface area contributed by atoms with Crippen molar-refractivity contribution in [1.82, 2.24) is 9.97 Å². The molecule has 178 valence electrons. The first-order valence-electron chi connectivity index (χ1n) is 11.6. The van der Waals surface area contributed by atoms with Crippen LogP contribution in [0.3, 0.4) is 0 Å². The van der Waals surface area contributed by atoms with Crippen molar-refractivity contribution in [2.45, 2.75) is 12.3 Å². The molecule has 3 aromatic carbocycles. The fraction of sp³-hybridized carbons (Fsp3) is 0.100. The SMILES string of the molecule is COc1ccccc1CC(C(=O)Nc1ccncc1)c1ccc(-c2ccnc3ccc(F)cc23)cc1. The number of hydrogen-bond donors (Lipinski definition) is 1. The number of carbonyl (C=O) groups is 1. The van der Waals surface area contributed by atoms with Gasteiger partial charge in [0, 0.05) is 29.7 Å². The molecule has 0 radical (unpaired) electrons. The van der Waals surface area contributed by atoms with Gasteiger partial charge in [-0.25, -0.2) is 4.39 Å². The van der Waals surface area contributed by atoms with Gasteiger partial charge < -0.3 is 10.1 Å². The maximum Gasteiger partial charge on any atom is 0.232 e. The summed E-state index contributed by atoms with van der Waals surface area (Å²) >= 11 is 0. The summed E-state index contributed by atoms with van der Waals surface area (Å²) < 4.78 is 19.5. The predicted octanol–water partition coefficient (Wildman–Crippen LogP) is 6.41. The minimum atomic E-state index is -0.463. The van der Waals surface area contributed by atoms with E-state index in [0.29, 0.717) is 12.1 Å². The highest BCUT2D eigenvalue weighted by atomic mass is 19.1. The number of anilines is 1. The number of methoxy groups -OCH3 is 1. The zero-order valence-electron chi connectivity index (χ0n) is 19.7. The fourth-order valence-corrected chi connectivity index (χ4v) is 4.38. The molecule has 5 aromatic rings. The van der Waals surface area contributed by atoms with Gasteiger partial charge in [-0.15, -0.1) is 0 Å². The number of fused-ring (bicyclic) bond motifs is 1. The second-order valence-electron chi connectivity index (χ2n) is 8.44. The third kappa shape index (κ3) is 4.93. The van der Waals surface area contributed by atoms with E-state index in [-0.39, 0.29) is 11.7 Å². The second kappa shape index (κ2) is 10.4. The van der Waals surface area contributed by atoms with Crippen molar-refractivity contribution in [3.05, 3.63) is 120 Å². The summed E-state index contributed by atoms with van der Waals surface area (Å²) in [5.74, 6) is -0.162. The molecule has 0 aliphatic heterocycles. The van der Waals surface area contributed by atoms with Crippen LogP contribution < -0.4 is 10.1 Å². The molecule has 0 saturated heterocycles. The average Bonchev–Trinajstić information content (AvgIpc) is 2.92. The van der Waals surface area contributed by atoms with Gasteiger partial charge in [-0.05, 0) is 71.1 Å². The molecule has 1 atom stereocenters. The highest BCUT2D eigenvalue weighted by Gasteiger charge is 2.23. The number of pyridine rings is 2. The monoisotopic (exact) mass is 477 g/mol. The van der Waals surface area contributed by atoms with Gasteiger partial charge in [0.2, 0.25) is 5.91 Å². The Morgan fingerprint density at radius 3 is 2.50 bits per heavy atom. The average molecular weight is 478 g/mol. The maximum absolute atomic E-state index is 14.0. The standard InChI is InChI=1S/C30H24FN3O2/c1-36-29-5-3-2-4-22(29)18-26(30(35)34-24-12-15-32-16-13-24)21-8-6-20(7-9-21)25-14-17-33-28-11-10-23(31)19-27(25)28/h2-17,19,26H,18H2,1H3,(H,32,34,35). The molecule has 2 heterocycles. The largest absolute Gasteiger partial charge is 0.496 e. The molecule has 0 aliphatic rings. The number of ether oxygens (including phenoxy) is 1. The zero-order valence-corrected chi connectivity index (χ0v) is 19.7. The highest BCUT2D eigenvalue weighted by Crippen LogP contribution is 2.32. The van der Waals surface area contributed by atoms with Gasteiger partial charge in [0.15, 0.2) is 0 Å². The molecule has 0 bridgehead atoms. The second-order valence-corrected chi connectivity index (χ2v) is 8.44. The van der Waals surface area contributed by atoms with Crippen LogP contribution in [-0.4, -0.2) is 23.0 Å². The van der Waals surface area contributed by atoms with E-state index >= 15 is 0 Å². The topological polar surface area (TPSA) is 64.1 Å². The molecule has 2 aromatic heterocycles. The summed E-state index contributed by atoms with van der Waals surface area (Å²) in [6, 6.07) is 25.5. The first-order valence-corrected chi connectivity index (χ1v) is 11.6. The molecular weight excluding hydrogens is 453 g/mol. The molecule has 0 fully saturated rings. The molecule has 1 amide bonds. The Morgan fingerprint density at radius 2 is 1.72 bits per heavy atom. The number of benzene rings is 3. The number of hydrogen-bond acceptors (Lipinski definition) is 4. The minimum Gasteiger partial charge on any atom is -0.496 e. The van der Waals surface area contributed by atoms with Gasteiger partial charge in [0.25, 0.3) is 0 Å². The van der Waals surface area contributed by atoms with Crippen LogP contribution in [0.15, 0.2) is 104 Å². The van der Waals surface area contributed by atoms with Gasteiger partial charge in [0.1, 0.15) is 11.6 Å². The molecule has 0 spiro atoms. The summed E-state index contributed by atoms with van der Waals surface area (Å²) in [4.78, 5) is 21.8. The molecule has 0 saturated carbocycles. The maximum atomic E-state index is 14.0. The molecule has 5 rings (SSSR count). The quantitative estimate of drug-likeness (QED) is 0.294. The van der Waals surface area contributed by atoms with Crippen LogP contribution >= 0.6 is 0 Å². The summed E-state index contributed by atoms with van der Waals surface area (Å²) in [5, 5.41) is 3.75. The Balaban J connectivity index is 1.50. The molecule has 36 heavy (non-hydrogen) atoms. The normalized spacial score (nSPS) is 11.7. The van der Waals surface area contributed by atoms with Crippen LogP contribution in [0, 0.1) is 5.82 Å². The van der Waals surface area contributed by atoms with Gasteiger partial charge >= 0.3 is 0 Å². The number of carbonyl (C=O) groups excluding carboxylic acids is 1. The van der Waals surface area contributed by atoms with Gasteiger partial charge in [-0.1, -0.05) is 42.5 Å². The molecule has 5 nitrogen and oxygen atoms in total. The molecule has 1 unspecified atom stereocenters. The van der Waals surface area contributed by atoms with Crippen molar-refractivity contribution >= 4 is 22.5 Å². The Morgan fingerprint density at radius 1 is 0.944 bits per heavy atom. The van der Waals surface area contributed by atoms with E-state index in [1.807, 2.05) is 54.6 Å². The number of halogens is 1. The van der Waals surface area contributed by atoms with Crippen molar-refractivity contribution in [3.8, 4) is 16.9 Å². The van der Waals surface area contributed by atoms with Crippen LogP contribution in [0.1, 0.15) is 17.0 Å². The van der Waals surface area contributed by atoms with Crippen molar-refractivity contribution in [1.29, 1.82) is 0 Å². The summed E-state index contributed by atoms with van der Waals surface area (Å²) in [7, 11) is 1.63. The Bertz CT molecular complexity index is 1500. The lowest BCUT2D eigenvalue weighted by atomic mass is 9.89. The van der Waals surface area contributed by atoms with Crippen LogP contribution in [0.25, 0.3) is 22.0 Å². The van der Waals surface area contributed by atoms with E-state index in [0.717, 1.165) is 38.9 Å². The van der Waals surface area contributed by atoms with Crippen LogP contribution in [0.4, 0.5) is 10.1 Å². The number of amides is 1. The number of nitrogens with zero attached hydrogens (tertiary/aromatic N) is 2. The molecule has 1 N–H and O–H groups in total. The van der Waals surface area contributed by atoms with Gasteiger partial charge in [0.05, 0.1) is 18.5 Å². The van der Waals surface area contributed by atoms with E-state index < -0.39 is 5.92 Å². The number of rotatable bonds is 7. The third-order valence-electron chi connectivity index (χ3n) is 6.21. The fourth-order valence-electron chi connectivity index (χ4n) is 4.38. The summed E-state index contributed by atoms with van der Waals surface area (Å²) in [5.41, 5.74) is 5.01. The first kappa shape index (κ1) is 23.2. The smallest absolute Gasteiger partial charge is 0.232 e. The summed E-state index contributed by atoms with van der Waals surface area (Å²) in [6.07, 6.45) is 5.46. The Labute approximate surface area is 208 Å². The first-order chi connectivity index (χ1) is 17.6. The molecular formula is C30H24FN3O2. The number of nitrogens with one attached hydrogen (secondary N) is 1. The Kier molecular flexibility index (Phi) is 6.67. The van der Waals surface area contributed by atoms with Crippen molar-refractivity contribution in [3.63, 3.8) is 0 Å². The zero-order chi connectivity index (χ0) is 24.9. The molecule has 6 heteroatoms. The van der Waals surface area contributed by atoms with Crippen molar-refractivity contribution in [2.24, 2.45) is 0 Å². The van der Waals surface area contributed by atoms with E-state index in [2.05, 4.69) is 15.3 Å². The van der Waals surface area contributed by atoms with Crippen molar-refractivity contribution < 1.29 is 13.9 Å². The predicted molar refractivity (Wildman–Crippen MR) is 139 cm³/mol. The van der Waals surface area contributed by atoms with Gasteiger partial charge in [-0.2, -0.15) is 0 Å². The summed E-state index contributed by atoms with van der Waals surface area (Å²) in [6.45, 7) is 0. The van der Waals surface area contributed by atoms with Crippen LogP contribution in [-0.2, 0) is 11.2 Å². The van der Waals surface area contributed by atoms with Crippen LogP contribution in [0.2, 0.25) is 0 Å². The highest BCUT2D eigenvalue weighted by molar-refractivity contribution is 5.97. The van der Waals surface area contributed by atoms with E-state index in [1.54, 1.807) is 43.9 Å². The minimum absolute atomic E-state index is 0.128. The van der Waals surface area contributed by atoms with Crippen LogP contribution in [0.5, 0.6) is 5.75 Å². The number of aromatic nitrogens is 2. The lowest BCUT2D eigenvalue weighted by Gasteiger charge is -2.19. The van der Waals surface area contributed by atoms with Gasteiger partial charge in [-0.3, -0.25) is 14.8 Å². The van der Waals surface area contributed by atoms with Crippen molar-refractivity contribution in [2.75, 3.05) is 12.4 Å². The lowest BCUT2D eigenvalue weighted by molar-refractivity contribution is -0.117. The third-order valence-corrected chi connectivity index (χ3v) is 6.21. The van der Waals surface area contributed by atoms with E-state index in [1.165, 1.54) is 12.1 Å². The Hall–Kier alpha value is -4.58. The van der Waals surface area contributed by atoms with E-state index in [4.69, 9.17) is 4.74 Å². The molecule has 0 aliphatic carbocycles. The number of para-hydroxylation sites is 1. The lowest BCUT2D eigenvalue weighted by Crippen LogP contribution is -2.23. The van der Waals surface area contributed by atoms with E-state index in [9.17, 15) is 9.18 Å².